The van der Waals surface area contributed by atoms with E-state index in [4.69, 9.17) is 5.73 Å². The Kier molecular flexibility index (Phi) is 5.56. The maximum absolute atomic E-state index is 11.5. The van der Waals surface area contributed by atoms with Gasteiger partial charge in [-0.1, -0.05) is 13.8 Å². The predicted molar refractivity (Wildman–Crippen MR) is 85.4 cm³/mol. The fourth-order valence-corrected chi connectivity index (χ4v) is 2.84. The summed E-state index contributed by atoms with van der Waals surface area (Å²) in [6, 6.07) is 3.51. The second kappa shape index (κ2) is 7.41. The highest BCUT2D eigenvalue weighted by molar-refractivity contribution is 5.97. The monoisotopic (exact) mass is 290 g/mol. The lowest BCUT2D eigenvalue weighted by atomic mass is 9.97. The molecule has 5 heteroatoms. The van der Waals surface area contributed by atoms with Crippen LogP contribution in [0.3, 0.4) is 0 Å². The third kappa shape index (κ3) is 4.43. The number of amides is 1. The molecule has 0 aliphatic carbocycles. The Hall–Kier alpha value is -1.62. The molecular weight excluding hydrogens is 264 g/mol. The van der Waals surface area contributed by atoms with E-state index >= 15 is 0 Å². The minimum Gasteiger partial charge on any atom is -0.365 e. The first-order chi connectivity index (χ1) is 10.1. The Bertz CT molecular complexity index is 475. The largest absolute Gasteiger partial charge is 0.365 e. The number of piperidine rings is 1. The van der Waals surface area contributed by atoms with E-state index in [0.717, 1.165) is 38.4 Å². The highest BCUT2D eigenvalue weighted by atomic mass is 16.1. The molecule has 0 saturated carbocycles. The van der Waals surface area contributed by atoms with Crippen LogP contribution in [0, 0.1) is 11.8 Å². The standard InChI is InChI=1S/C16H26N4O/c1-12(2)9-18-10-13-5-4-8-20(11-13)16-14(15(17)21)6-3-7-19-16/h3,6-7,12-13,18H,4-5,8-11H2,1-2H3,(H2,17,21). The smallest absolute Gasteiger partial charge is 0.252 e. The number of anilines is 1. The lowest BCUT2D eigenvalue weighted by Gasteiger charge is -2.34. The first-order valence-corrected chi connectivity index (χ1v) is 7.78. The van der Waals surface area contributed by atoms with Crippen molar-refractivity contribution in [2.75, 3.05) is 31.1 Å². The van der Waals surface area contributed by atoms with Crippen molar-refractivity contribution in [3.63, 3.8) is 0 Å². The highest BCUT2D eigenvalue weighted by Crippen LogP contribution is 2.24. The number of nitrogens with one attached hydrogen (secondary N) is 1. The van der Waals surface area contributed by atoms with E-state index in [1.54, 1.807) is 18.3 Å². The van der Waals surface area contributed by atoms with E-state index in [1.165, 1.54) is 6.42 Å². The van der Waals surface area contributed by atoms with Gasteiger partial charge in [0.25, 0.3) is 5.91 Å². The quantitative estimate of drug-likeness (QED) is 0.835. The van der Waals surface area contributed by atoms with Gasteiger partial charge in [0.05, 0.1) is 5.56 Å². The van der Waals surface area contributed by atoms with Gasteiger partial charge in [0.1, 0.15) is 5.82 Å². The molecule has 21 heavy (non-hydrogen) atoms. The molecule has 1 aliphatic rings. The van der Waals surface area contributed by atoms with Gasteiger partial charge < -0.3 is 16.0 Å². The zero-order valence-electron chi connectivity index (χ0n) is 13.0. The summed E-state index contributed by atoms with van der Waals surface area (Å²) in [6.07, 6.45) is 4.07. The number of nitrogens with zero attached hydrogens (tertiary/aromatic N) is 2. The van der Waals surface area contributed by atoms with Gasteiger partial charge in [0.15, 0.2) is 0 Å². The number of nitrogens with two attached hydrogens (primary N) is 1. The third-order valence-electron chi connectivity index (χ3n) is 3.86. The molecule has 1 fully saturated rings. The summed E-state index contributed by atoms with van der Waals surface area (Å²) in [4.78, 5) is 18.1. The van der Waals surface area contributed by atoms with Crippen molar-refractivity contribution in [3.05, 3.63) is 23.9 Å². The van der Waals surface area contributed by atoms with Crippen molar-refractivity contribution in [1.82, 2.24) is 10.3 Å². The summed E-state index contributed by atoms with van der Waals surface area (Å²) in [6.45, 7) is 8.38. The van der Waals surface area contributed by atoms with Gasteiger partial charge >= 0.3 is 0 Å². The number of hydrogen-bond acceptors (Lipinski definition) is 4. The van der Waals surface area contributed by atoms with Gasteiger partial charge in [-0.3, -0.25) is 4.79 Å². The van der Waals surface area contributed by atoms with Crippen LogP contribution in [0.2, 0.25) is 0 Å². The van der Waals surface area contributed by atoms with E-state index in [-0.39, 0.29) is 0 Å². The normalized spacial score (nSPS) is 19.0. The molecule has 0 radical (unpaired) electrons. The summed E-state index contributed by atoms with van der Waals surface area (Å²) in [5, 5.41) is 3.53. The van der Waals surface area contributed by atoms with Crippen LogP contribution < -0.4 is 16.0 Å². The molecule has 1 atom stereocenters. The molecule has 0 bridgehead atoms. The molecule has 1 aliphatic heterocycles. The van der Waals surface area contributed by atoms with Gasteiger partial charge in [-0.25, -0.2) is 4.98 Å². The molecule has 1 aromatic heterocycles. The van der Waals surface area contributed by atoms with Gasteiger partial charge in [-0.15, -0.1) is 0 Å². The molecule has 2 rings (SSSR count). The molecule has 1 saturated heterocycles. The van der Waals surface area contributed by atoms with Gasteiger partial charge in [-0.05, 0) is 49.9 Å². The first-order valence-electron chi connectivity index (χ1n) is 7.78. The second-order valence-electron chi connectivity index (χ2n) is 6.25. The minimum absolute atomic E-state index is 0.404. The van der Waals surface area contributed by atoms with Crippen molar-refractivity contribution >= 4 is 11.7 Å². The van der Waals surface area contributed by atoms with Crippen LogP contribution >= 0.6 is 0 Å². The average Bonchev–Trinajstić information content (AvgIpc) is 2.47. The van der Waals surface area contributed by atoms with Gasteiger partial charge in [-0.2, -0.15) is 0 Å². The van der Waals surface area contributed by atoms with E-state index < -0.39 is 5.91 Å². The predicted octanol–water partition coefficient (Wildman–Crippen LogP) is 1.64. The Morgan fingerprint density at radius 2 is 2.38 bits per heavy atom. The molecule has 1 aromatic rings. The number of pyridine rings is 1. The summed E-state index contributed by atoms with van der Waals surface area (Å²) in [7, 11) is 0. The average molecular weight is 290 g/mol. The Balaban J connectivity index is 1.99. The van der Waals surface area contributed by atoms with Crippen molar-refractivity contribution in [2.24, 2.45) is 17.6 Å². The van der Waals surface area contributed by atoms with Crippen LogP contribution in [-0.4, -0.2) is 37.1 Å². The number of hydrogen-bond donors (Lipinski definition) is 2. The summed E-state index contributed by atoms with van der Waals surface area (Å²) < 4.78 is 0. The van der Waals surface area contributed by atoms with Crippen LogP contribution in [0.1, 0.15) is 37.0 Å². The highest BCUT2D eigenvalue weighted by Gasteiger charge is 2.23. The summed E-state index contributed by atoms with van der Waals surface area (Å²) in [5.74, 6) is 1.60. The van der Waals surface area contributed by atoms with E-state index in [1.807, 2.05) is 0 Å². The molecule has 1 unspecified atom stereocenters. The van der Waals surface area contributed by atoms with E-state index in [0.29, 0.717) is 17.4 Å². The van der Waals surface area contributed by atoms with Crippen molar-refractivity contribution < 1.29 is 4.79 Å². The molecule has 0 spiro atoms. The molecule has 5 nitrogen and oxygen atoms in total. The number of rotatable bonds is 6. The number of aromatic nitrogens is 1. The van der Waals surface area contributed by atoms with Crippen LogP contribution in [0.25, 0.3) is 0 Å². The lowest BCUT2D eigenvalue weighted by molar-refractivity contribution is 0.100. The van der Waals surface area contributed by atoms with Crippen molar-refractivity contribution in [1.29, 1.82) is 0 Å². The summed E-state index contributed by atoms with van der Waals surface area (Å²) >= 11 is 0. The van der Waals surface area contributed by atoms with Crippen molar-refractivity contribution in [2.45, 2.75) is 26.7 Å². The minimum atomic E-state index is -0.404. The molecular formula is C16H26N4O. The molecule has 3 N–H and O–H groups in total. The number of carbonyl (C=O) groups is 1. The van der Waals surface area contributed by atoms with Crippen LogP contribution in [0.15, 0.2) is 18.3 Å². The fourth-order valence-electron chi connectivity index (χ4n) is 2.84. The van der Waals surface area contributed by atoms with Crippen LogP contribution in [0.4, 0.5) is 5.82 Å². The third-order valence-corrected chi connectivity index (χ3v) is 3.86. The first kappa shape index (κ1) is 15.8. The maximum atomic E-state index is 11.5. The van der Waals surface area contributed by atoms with Crippen LogP contribution in [-0.2, 0) is 0 Å². The second-order valence-corrected chi connectivity index (χ2v) is 6.25. The van der Waals surface area contributed by atoms with E-state index in [2.05, 4.69) is 29.0 Å². The van der Waals surface area contributed by atoms with Crippen LogP contribution in [0.5, 0.6) is 0 Å². The molecule has 0 aromatic carbocycles. The SMILES string of the molecule is CC(C)CNCC1CCCN(c2ncccc2C(N)=O)C1. The summed E-state index contributed by atoms with van der Waals surface area (Å²) in [5.41, 5.74) is 5.97. The van der Waals surface area contributed by atoms with E-state index in [9.17, 15) is 4.79 Å². The van der Waals surface area contributed by atoms with Gasteiger partial charge in [0, 0.05) is 19.3 Å². The molecule has 1 amide bonds. The van der Waals surface area contributed by atoms with Crippen molar-refractivity contribution in [3.8, 4) is 0 Å². The number of primary amides is 1. The lowest BCUT2D eigenvalue weighted by Crippen LogP contribution is -2.41. The Morgan fingerprint density at radius 1 is 1.57 bits per heavy atom. The van der Waals surface area contributed by atoms with Gasteiger partial charge in [0.2, 0.25) is 0 Å². The fraction of sp³-hybridized carbons (Fsp3) is 0.625. The number of carbonyl (C=O) groups excluding carboxylic acids is 1. The Labute approximate surface area is 126 Å². The Morgan fingerprint density at radius 3 is 3.10 bits per heavy atom. The molecule has 2 heterocycles. The zero-order valence-corrected chi connectivity index (χ0v) is 13.0. The topological polar surface area (TPSA) is 71.2 Å². The zero-order chi connectivity index (χ0) is 15.2. The maximum Gasteiger partial charge on any atom is 0.252 e. The molecule has 116 valence electrons.